The molecule has 20 heavy (non-hydrogen) atoms. The van der Waals surface area contributed by atoms with Gasteiger partial charge in [0.2, 0.25) is 0 Å². The minimum absolute atomic E-state index is 0.302. The van der Waals surface area contributed by atoms with E-state index in [2.05, 4.69) is 55.2 Å². The zero-order valence-electron chi connectivity index (χ0n) is 13.1. The number of hydrogen-bond donors (Lipinski definition) is 1. The van der Waals surface area contributed by atoms with E-state index in [1.165, 1.54) is 5.69 Å². The van der Waals surface area contributed by atoms with Crippen LogP contribution < -0.4 is 10.2 Å². The molecule has 0 amide bonds. The molecule has 1 aliphatic heterocycles. The summed E-state index contributed by atoms with van der Waals surface area (Å²) in [5.41, 5.74) is 2.32. The van der Waals surface area contributed by atoms with Gasteiger partial charge in [-0.2, -0.15) is 0 Å². The topological polar surface area (TPSA) is 37.4 Å². The molecule has 1 aromatic heterocycles. The molecule has 0 aromatic carbocycles. The Kier molecular flexibility index (Phi) is 5.38. The van der Waals surface area contributed by atoms with Crippen LogP contribution in [-0.2, 0) is 11.3 Å². The van der Waals surface area contributed by atoms with E-state index in [1.807, 2.05) is 6.20 Å². The van der Waals surface area contributed by atoms with Crippen molar-refractivity contribution in [2.45, 2.75) is 45.9 Å². The maximum Gasteiger partial charge on any atom is 0.0750 e. The quantitative estimate of drug-likeness (QED) is 0.866. The van der Waals surface area contributed by atoms with Crippen molar-refractivity contribution in [1.82, 2.24) is 10.3 Å². The number of nitrogens with one attached hydrogen (secondary N) is 1. The van der Waals surface area contributed by atoms with Crippen LogP contribution in [0.2, 0.25) is 0 Å². The Bertz CT molecular complexity index is 422. The maximum atomic E-state index is 5.66. The van der Waals surface area contributed by atoms with Crippen LogP contribution >= 0.6 is 0 Å². The highest BCUT2D eigenvalue weighted by Crippen LogP contribution is 2.24. The number of hydrogen-bond acceptors (Lipinski definition) is 4. The van der Waals surface area contributed by atoms with Gasteiger partial charge < -0.3 is 15.0 Å². The molecule has 4 heteroatoms. The molecule has 1 fully saturated rings. The summed E-state index contributed by atoms with van der Waals surface area (Å²) in [5.74, 6) is 0.664. The highest BCUT2D eigenvalue weighted by molar-refractivity contribution is 5.47. The maximum absolute atomic E-state index is 5.66. The summed E-state index contributed by atoms with van der Waals surface area (Å²) in [6.45, 7) is 9.30. The summed E-state index contributed by atoms with van der Waals surface area (Å²) in [6, 6.07) is 4.73. The van der Waals surface area contributed by atoms with E-state index in [0.29, 0.717) is 18.1 Å². The molecule has 2 unspecified atom stereocenters. The monoisotopic (exact) mass is 277 g/mol. The molecule has 2 rings (SSSR count). The highest BCUT2D eigenvalue weighted by atomic mass is 16.5. The van der Waals surface area contributed by atoms with Crippen molar-refractivity contribution in [3.05, 3.63) is 24.0 Å². The first kappa shape index (κ1) is 15.3. The molecular weight excluding hydrogens is 250 g/mol. The molecule has 1 N–H and O–H groups in total. The van der Waals surface area contributed by atoms with Crippen LogP contribution in [0.1, 0.15) is 32.9 Å². The second-order valence-electron chi connectivity index (χ2n) is 6.07. The molecule has 1 saturated heterocycles. The summed E-state index contributed by atoms with van der Waals surface area (Å²) in [6.07, 6.45) is 3.30. The predicted molar refractivity (Wildman–Crippen MR) is 83.0 cm³/mol. The van der Waals surface area contributed by atoms with E-state index in [-0.39, 0.29) is 0 Å². The van der Waals surface area contributed by atoms with Gasteiger partial charge in [-0.25, -0.2) is 0 Å². The SMILES string of the molecule is CC(C)CNCc1cc(N(C)C2CCOC2C)ccn1. The molecule has 2 atom stereocenters. The van der Waals surface area contributed by atoms with Gasteiger partial charge >= 0.3 is 0 Å². The third kappa shape index (κ3) is 3.93. The molecule has 1 aliphatic rings. The van der Waals surface area contributed by atoms with Crippen molar-refractivity contribution in [2.75, 3.05) is 25.1 Å². The number of likely N-dealkylation sites (N-methyl/N-ethyl adjacent to an activating group) is 1. The van der Waals surface area contributed by atoms with E-state index in [4.69, 9.17) is 4.74 Å². The molecule has 0 bridgehead atoms. The summed E-state index contributed by atoms with van der Waals surface area (Å²) in [5, 5.41) is 3.44. The normalized spacial score (nSPS) is 22.4. The Balaban J connectivity index is 1.97. The third-order valence-corrected chi connectivity index (χ3v) is 3.90. The lowest BCUT2D eigenvalue weighted by molar-refractivity contribution is 0.118. The van der Waals surface area contributed by atoms with Gasteiger partial charge in [-0.1, -0.05) is 13.8 Å². The lowest BCUT2D eigenvalue weighted by Crippen LogP contribution is -2.36. The average molecular weight is 277 g/mol. The number of nitrogens with zero attached hydrogens (tertiary/aromatic N) is 2. The first-order valence-electron chi connectivity index (χ1n) is 7.58. The highest BCUT2D eigenvalue weighted by Gasteiger charge is 2.28. The third-order valence-electron chi connectivity index (χ3n) is 3.90. The summed E-state index contributed by atoms with van der Waals surface area (Å²) < 4.78 is 5.66. The van der Waals surface area contributed by atoms with E-state index >= 15 is 0 Å². The van der Waals surface area contributed by atoms with Crippen LogP contribution in [0.5, 0.6) is 0 Å². The number of rotatable bonds is 6. The molecule has 4 nitrogen and oxygen atoms in total. The molecule has 0 spiro atoms. The fourth-order valence-electron chi connectivity index (χ4n) is 2.69. The van der Waals surface area contributed by atoms with E-state index < -0.39 is 0 Å². The summed E-state index contributed by atoms with van der Waals surface area (Å²) in [4.78, 5) is 6.77. The second kappa shape index (κ2) is 7.04. The number of anilines is 1. The standard InChI is InChI=1S/C16H27N3O/c1-12(2)10-17-11-14-9-15(5-7-18-14)19(4)16-6-8-20-13(16)3/h5,7,9,12-13,16-17H,6,8,10-11H2,1-4H3. The van der Waals surface area contributed by atoms with Gasteiger partial charge in [0.05, 0.1) is 17.8 Å². The summed E-state index contributed by atoms with van der Waals surface area (Å²) in [7, 11) is 2.15. The Morgan fingerprint density at radius 1 is 1.50 bits per heavy atom. The zero-order chi connectivity index (χ0) is 14.5. The second-order valence-corrected chi connectivity index (χ2v) is 6.07. The van der Waals surface area contributed by atoms with Gasteiger partial charge in [0.25, 0.3) is 0 Å². The van der Waals surface area contributed by atoms with E-state index in [1.54, 1.807) is 0 Å². The fourth-order valence-corrected chi connectivity index (χ4v) is 2.69. The fraction of sp³-hybridized carbons (Fsp3) is 0.688. The van der Waals surface area contributed by atoms with Gasteiger partial charge in [-0.05, 0) is 37.9 Å². The molecule has 1 aromatic rings. The van der Waals surface area contributed by atoms with Crippen molar-refractivity contribution in [1.29, 1.82) is 0 Å². The number of ether oxygens (including phenoxy) is 1. The molecular formula is C16H27N3O. The first-order valence-corrected chi connectivity index (χ1v) is 7.58. The lowest BCUT2D eigenvalue weighted by Gasteiger charge is -2.29. The zero-order valence-corrected chi connectivity index (χ0v) is 13.1. The van der Waals surface area contributed by atoms with Crippen molar-refractivity contribution < 1.29 is 4.74 Å². The van der Waals surface area contributed by atoms with Crippen LogP contribution in [0.3, 0.4) is 0 Å². The van der Waals surface area contributed by atoms with Gasteiger partial charge in [0.15, 0.2) is 0 Å². The first-order chi connectivity index (χ1) is 9.58. The molecule has 0 aliphatic carbocycles. The van der Waals surface area contributed by atoms with E-state index in [9.17, 15) is 0 Å². The molecule has 0 radical (unpaired) electrons. The largest absolute Gasteiger partial charge is 0.376 e. The molecule has 112 valence electrons. The predicted octanol–water partition coefficient (Wildman–Crippen LogP) is 2.44. The van der Waals surface area contributed by atoms with Crippen molar-refractivity contribution in [3.8, 4) is 0 Å². The Morgan fingerprint density at radius 2 is 2.30 bits per heavy atom. The minimum Gasteiger partial charge on any atom is -0.376 e. The van der Waals surface area contributed by atoms with Crippen LogP contribution in [0.15, 0.2) is 18.3 Å². The minimum atomic E-state index is 0.302. The van der Waals surface area contributed by atoms with Crippen LogP contribution in [0.25, 0.3) is 0 Å². The summed E-state index contributed by atoms with van der Waals surface area (Å²) >= 11 is 0. The Labute approximate surface area is 122 Å². The van der Waals surface area contributed by atoms with Gasteiger partial charge in [0.1, 0.15) is 0 Å². The van der Waals surface area contributed by atoms with Gasteiger partial charge in [-0.3, -0.25) is 4.98 Å². The van der Waals surface area contributed by atoms with Crippen LogP contribution in [-0.4, -0.2) is 37.3 Å². The smallest absolute Gasteiger partial charge is 0.0750 e. The Hall–Kier alpha value is -1.13. The van der Waals surface area contributed by atoms with Crippen LogP contribution in [0, 0.1) is 5.92 Å². The van der Waals surface area contributed by atoms with Gasteiger partial charge in [-0.15, -0.1) is 0 Å². The van der Waals surface area contributed by atoms with Crippen molar-refractivity contribution in [3.63, 3.8) is 0 Å². The van der Waals surface area contributed by atoms with Crippen molar-refractivity contribution >= 4 is 5.69 Å². The van der Waals surface area contributed by atoms with Crippen LogP contribution in [0.4, 0.5) is 5.69 Å². The molecule has 0 saturated carbocycles. The number of pyridine rings is 1. The van der Waals surface area contributed by atoms with Crippen molar-refractivity contribution in [2.24, 2.45) is 5.92 Å². The lowest BCUT2D eigenvalue weighted by atomic mass is 10.1. The Morgan fingerprint density at radius 3 is 2.95 bits per heavy atom. The number of aromatic nitrogens is 1. The molecule has 2 heterocycles. The van der Waals surface area contributed by atoms with E-state index in [0.717, 1.165) is 31.8 Å². The average Bonchev–Trinajstić information content (AvgIpc) is 2.84. The van der Waals surface area contributed by atoms with Gasteiger partial charge in [0, 0.05) is 32.1 Å².